The molecule has 2 amide bonds. The molecule has 1 aliphatic carbocycles. The summed E-state index contributed by atoms with van der Waals surface area (Å²) in [5, 5.41) is 3.14. The summed E-state index contributed by atoms with van der Waals surface area (Å²) in [6.07, 6.45) is 1.79. The van der Waals surface area contributed by atoms with Crippen molar-refractivity contribution in [1.82, 2.24) is 0 Å². The van der Waals surface area contributed by atoms with E-state index in [0.717, 1.165) is 40.8 Å². The van der Waals surface area contributed by atoms with Crippen molar-refractivity contribution in [2.45, 2.75) is 45.6 Å². The third kappa shape index (κ3) is 4.36. The molecule has 1 atom stereocenters. The van der Waals surface area contributed by atoms with E-state index >= 15 is 0 Å². The summed E-state index contributed by atoms with van der Waals surface area (Å²) in [5.41, 5.74) is 8.74. The van der Waals surface area contributed by atoms with E-state index in [1.165, 1.54) is 18.3 Å². The largest absolute Gasteiger partial charge is 0.452 e. The lowest BCUT2D eigenvalue weighted by Crippen LogP contribution is -2.31. The number of rotatable bonds is 6. The van der Waals surface area contributed by atoms with Crippen LogP contribution in [0.1, 0.15) is 45.3 Å². The Balaban J connectivity index is 1.62. The van der Waals surface area contributed by atoms with Gasteiger partial charge in [-0.15, -0.1) is 11.3 Å². The molecule has 0 radical (unpaired) electrons. The van der Waals surface area contributed by atoms with Crippen LogP contribution in [0, 0.1) is 6.92 Å². The zero-order valence-corrected chi connectivity index (χ0v) is 16.2. The van der Waals surface area contributed by atoms with Gasteiger partial charge in [-0.1, -0.05) is 29.8 Å². The number of esters is 1. The number of nitrogens with one attached hydrogen (secondary N) is 1. The SMILES string of the molecule is Cc1ccc(CC(=O)O[C@H](C)C(=O)Nc2sc3c(c2C(N)=O)CCC3)cc1. The van der Waals surface area contributed by atoms with Gasteiger partial charge < -0.3 is 15.8 Å². The highest BCUT2D eigenvalue weighted by molar-refractivity contribution is 7.17. The lowest BCUT2D eigenvalue weighted by Gasteiger charge is -2.13. The maximum absolute atomic E-state index is 12.4. The van der Waals surface area contributed by atoms with E-state index in [0.29, 0.717) is 10.6 Å². The summed E-state index contributed by atoms with van der Waals surface area (Å²) in [5.74, 6) is -1.51. The minimum absolute atomic E-state index is 0.0950. The predicted octanol–water partition coefficient (Wildman–Crippen LogP) is 2.76. The average molecular weight is 386 g/mol. The van der Waals surface area contributed by atoms with E-state index in [4.69, 9.17) is 10.5 Å². The zero-order chi connectivity index (χ0) is 19.6. The second kappa shape index (κ2) is 7.92. The van der Waals surface area contributed by atoms with Gasteiger partial charge in [0.25, 0.3) is 11.8 Å². The third-order valence-electron chi connectivity index (χ3n) is 4.55. The monoisotopic (exact) mass is 386 g/mol. The number of benzene rings is 1. The summed E-state index contributed by atoms with van der Waals surface area (Å²) in [4.78, 5) is 37.4. The molecule has 2 aromatic rings. The molecule has 0 aliphatic heterocycles. The van der Waals surface area contributed by atoms with Crippen LogP contribution >= 0.6 is 11.3 Å². The van der Waals surface area contributed by atoms with Gasteiger partial charge in [-0.25, -0.2) is 0 Å². The molecule has 3 rings (SSSR count). The first kappa shape index (κ1) is 19.1. The Kier molecular flexibility index (Phi) is 5.60. The summed E-state index contributed by atoms with van der Waals surface area (Å²) in [6, 6.07) is 7.54. The van der Waals surface area contributed by atoms with Gasteiger partial charge in [-0.05, 0) is 44.2 Å². The molecule has 7 heteroatoms. The number of ether oxygens (including phenoxy) is 1. The van der Waals surface area contributed by atoms with E-state index < -0.39 is 23.9 Å². The van der Waals surface area contributed by atoms with E-state index in [1.807, 2.05) is 31.2 Å². The van der Waals surface area contributed by atoms with Crippen LogP contribution in [0.3, 0.4) is 0 Å². The van der Waals surface area contributed by atoms with Crippen LogP contribution in [-0.4, -0.2) is 23.9 Å². The normalized spacial score (nSPS) is 13.7. The average Bonchev–Trinajstić information content (AvgIpc) is 3.16. The number of carbonyl (C=O) groups excluding carboxylic acids is 3. The molecule has 0 saturated carbocycles. The van der Waals surface area contributed by atoms with Crippen molar-refractivity contribution < 1.29 is 19.1 Å². The molecule has 1 aliphatic rings. The number of hydrogen-bond acceptors (Lipinski definition) is 5. The molecule has 0 fully saturated rings. The van der Waals surface area contributed by atoms with Gasteiger partial charge in [0, 0.05) is 4.88 Å². The topological polar surface area (TPSA) is 98.5 Å². The summed E-state index contributed by atoms with van der Waals surface area (Å²) in [7, 11) is 0. The molecule has 0 unspecified atom stereocenters. The molecule has 142 valence electrons. The van der Waals surface area contributed by atoms with E-state index in [1.54, 1.807) is 0 Å². The smallest absolute Gasteiger partial charge is 0.311 e. The minimum atomic E-state index is -0.972. The molecule has 0 spiro atoms. The van der Waals surface area contributed by atoms with Crippen LogP contribution in [0.15, 0.2) is 24.3 Å². The Hall–Kier alpha value is -2.67. The molecular formula is C20H22N2O4S. The summed E-state index contributed by atoms with van der Waals surface area (Å²) >= 11 is 1.37. The molecule has 0 saturated heterocycles. The second-order valence-corrected chi connectivity index (χ2v) is 7.81. The second-order valence-electron chi connectivity index (χ2n) is 6.71. The lowest BCUT2D eigenvalue weighted by molar-refractivity contribution is -0.152. The maximum Gasteiger partial charge on any atom is 0.311 e. The van der Waals surface area contributed by atoms with Crippen LogP contribution in [0.2, 0.25) is 0 Å². The van der Waals surface area contributed by atoms with Gasteiger partial charge in [0.2, 0.25) is 0 Å². The van der Waals surface area contributed by atoms with Crippen molar-refractivity contribution in [3.05, 3.63) is 51.4 Å². The molecule has 27 heavy (non-hydrogen) atoms. The van der Waals surface area contributed by atoms with Crippen LogP contribution in [0.25, 0.3) is 0 Å². The van der Waals surface area contributed by atoms with Gasteiger partial charge in [0.1, 0.15) is 5.00 Å². The molecular weight excluding hydrogens is 364 g/mol. The highest BCUT2D eigenvalue weighted by atomic mass is 32.1. The lowest BCUT2D eigenvalue weighted by atomic mass is 10.1. The Morgan fingerprint density at radius 3 is 2.59 bits per heavy atom. The highest BCUT2D eigenvalue weighted by Gasteiger charge is 2.27. The number of amides is 2. The number of aryl methyl sites for hydroxylation is 2. The molecule has 0 bridgehead atoms. The van der Waals surface area contributed by atoms with Crippen LogP contribution in [0.5, 0.6) is 0 Å². The van der Waals surface area contributed by atoms with Gasteiger partial charge in [0.15, 0.2) is 6.10 Å². The number of anilines is 1. The number of thiophene rings is 1. The number of nitrogens with two attached hydrogens (primary N) is 1. The molecule has 6 nitrogen and oxygen atoms in total. The van der Waals surface area contributed by atoms with Crippen molar-refractivity contribution >= 4 is 34.1 Å². The number of primary amides is 1. The van der Waals surface area contributed by atoms with Crippen LogP contribution in [-0.2, 0) is 33.6 Å². The quantitative estimate of drug-likeness (QED) is 0.746. The zero-order valence-electron chi connectivity index (χ0n) is 15.3. The number of fused-ring (bicyclic) bond motifs is 1. The first-order valence-electron chi connectivity index (χ1n) is 8.85. The maximum atomic E-state index is 12.4. The van der Waals surface area contributed by atoms with Crippen molar-refractivity contribution in [3.8, 4) is 0 Å². The Morgan fingerprint density at radius 1 is 1.22 bits per heavy atom. The first-order valence-corrected chi connectivity index (χ1v) is 9.67. The van der Waals surface area contributed by atoms with E-state index in [2.05, 4.69) is 5.32 Å². The van der Waals surface area contributed by atoms with Crippen molar-refractivity contribution in [3.63, 3.8) is 0 Å². The van der Waals surface area contributed by atoms with Gasteiger partial charge in [0.05, 0.1) is 12.0 Å². The van der Waals surface area contributed by atoms with Gasteiger partial charge in [-0.2, -0.15) is 0 Å². The fourth-order valence-electron chi connectivity index (χ4n) is 3.13. The van der Waals surface area contributed by atoms with Crippen molar-refractivity contribution in [2.24, 2.45) is 5.73 Å². The minimum Gasteiger partial charge on any atom is -0.452 e. The molecule has 1 aromatic heterocycles. The molecule has 1 aromatic carbocycles. The van der Waals surface area contributed by atoms with E-state index in [9.17, 15) is 14.4 Å². The fourth-order valence-corrected chi connectivity index (χ4v) is 4.43. The van der Waals surface area contributed by atoms with Crippen LogP contribution in [0.4, 0.5) is 5.00 Å². The summed E-state index contributed by atoms with van der Waals surface area (Å²) < 4.78 is 5.23. The van der Waals surface area contributed by atoms with Gasteiger partial charge >= 0.3 is 5.97 Å². The van der Waals surface area contributed by atoms with Crippen molar-refractivity contribution in [2.75, 3.05) is 5.32 Å². The summed E-state index contributed by atoms with van der Waals surface area (Å²) in [6.45, 7) is 3.48. The Labute approximate surface area is 161 Å². The van der Waals surface area contributed by atoms with Gasteiger partial charge in [-0.3, -0.25) is 14.4 Å². The standard InChI is InChI=1S/C20H22N2O4S/c1-11-6-8-13(9-7-11)10-16(23)26-12(2)19(25)22-20-17(18(21)24)14-4-3-5-15(14)27-20/h6-9,12H,3-5,10H2,1-2H3,(H2,21,24)(H,22,25)/t12-/m1/s1. The molecule has 3 N–H and O–H groups in total. The third-order valence-corrected chi connectivity index (χ3v) is 5.76. The van der Waals surface area contributed by atoms with Crippen molar-refractivity contribution in [1.29, 1.82) is 0 Å². The number of hydrogen-bond donors (Lipinski definition) is 2. The number of carbonyl (C=O) groups is 3. The highest BCUT2D eigenvalue weighted by Crippen LogP contribution is 2.38. The van der Waals surface area contributed by atoms with Crippen LogP contribution < -0.4 is 11.1 Å². The fraction of sp³-hybridized carbons (Fsp3) is 0.350. The Morgan fingerprint density at radius 2 is 1.93 bits per heavy atom. The van der Waals surface area contributed by atoms with E-state index in [-0.39, 0.29) is 6.42 Å². The Bertz CT molecular complexity index is 886. The first-order chi connectivity index (χ1) is 12.8. The predicted molar refractivity (Wildman–Crippen MR) is 104 cm³/mol. The molecule has 1 heterocycles.